The molecule has 4 rings (SSSR count). The molecule has 154 valence electrons. The molecule has 0 spiro atoms. The summed E-state index contributed by atoms with van der Waals surface area (Å²) in [6, 6.07) is 18.7. The van der Waals surface area contributed by atoms with Gasteiger partial charge in [-0.05, 0) is 61.2 Å². The predicted molar refractivity (Wildman–Crippen MR) is 118 cm³/mol. The van der Waals surface area contributed by atoms with Crippen LogP contribution in [0.5, 0.6) is 0 Å². The zero-order valence-electron chi connectivity index (χ0n) is 17.3. The quantitative estimate of drug-likeness (QED) is 0.585. The molecule has 0 atom stereocenters. The lowest BCUT2D eigenvalue weighted by Crippen LogP contribution is -2.17. The van der Waals surface area contributed by atoms with Crippen molar-refractivity contribution in [2.24, 2.45) is 5.92 Å². The molecule has 30 heavy (non-hydrogen) atoms. The highest BCUT2D eigenvalue weighted by molar-refractivity contribution is 6.03. The van der Waals surface area contributed by atoms with E-state index in [-0.39, 0.29) is 11.8 Å². The van der Waals surface area contributed by atoms with Crippen LogP contribution >= 0.6 is 0 Å². The maximum absolute atomic E-state index is 13.0. The molecule has 1 fully saturated rings. The SMILES string of the molecule is CC(C)CC(=O)Nc1ccc(NC(=O)c2cc(C3CC3)nn2-c2ccccc2)cc1. The number of nitrogens with zero attached hydrogens (tertiary/aromatic N) is 2. The van der Waals surface area contributed by atoms with Crippen molar-refractivity contribution < 1.29 is 9.59 Å². The standard InChI is InChI=1S/C24H26N4O2/c1-16(2)14-23(29)25-18-10-12-19(13-11-18)26-24(30)22-15-21(17-8-9-17)27-28(22)20-6-4-3-5-7-20/h3-7,10-13,15-17H,8-9,14H2,1-2H3,(H,25,29)(H,26,30). The summed E-state index contributed by atoms with van der Waals surface area (Å²) in [6.07, 6.45) is 2.72. The average molecular weight is 402 g/mol. The molecule has 0 bridgehead atoms. The molecular weight excluding hydrogens is 376 g/mol. The van der Waals surface area contributed by atoms with Gasteiger partial charge in [-0.15, -0.1) is 0 Å². The second-order valence-electron chi connectivity index (χ2n) is 8.15. The summed E-state index contributed by atoms with van der Waals surface area (Å²) in [6.45, 7) is 4.01. The Bertz CT molecular complexity index is 1030. The highest BCUT2D eigenvalue weighted by atomic mass is 16.2. The summed E-state index contributed by atoms with van der Waals surface area (Å²) in [5, 5.41) is 10.5. The molecule has 1 saturated carbocycles. The van der Waals surface area contributed by atoms with Crippen molar-refractivity contribution in [3.8, 4) is 5.69 Å². The van der Waals surface area contributed by atoms with Gasteiger partial charge in [0, 0.05) is 23.7 Å². The first-order valence-corrected chi connectivity index (χ1v) is 10.4. The zero-order valence-corrected chi connectivity index (χ0v) is 17.3. The van der Waals surface area contributed by atoms with Gasteiger partial charge in [0.15, 0.2) is 0 Å². The van der Waals surface area contributed by atoms with Gasteiger partial charge in [-0.3, -0.25) is 9.59 Å². The second kappa shape index (κ2) is 8.53. The molecule has 3 aromatic rings. The Morgan fingerprint density at radius 1 is 1.00 bits per heavy atom. The van der Waals surface area contributed by atoms with Crippen molar-refractivity contribution in [2.75, 3.05) is 10.6 Å². The Balaban J connectivity index is 1.49. The fourth-order valence-electron chi connectivity index (χ4n) is 3.32. The summed E-state index contributed by atoms with van der Waals surface area (Å²) in [5.41, 5.74) is 3.71. The summed E-state index contributed by atoms with van der Waals surface area (Å²) in [7, 11) is 0. The summed E-state index contributed by atoms with van der Waals surface area (Å²) in [5.74, 6) is 0.532. The number of para-hydroxylation sites is 1. The normalized spacial score (nSPS) is 13.3. The third-order valence-corrected chi connectivity index (χ3v) is 4.98. The number of rotatable bonds is 7. The fraction of sp³-hybridized carbons (Fsp3) is 0.292. The van der Waals surface area contributed by atoms with Crippen molar-refractivity contribution >= 4 is 23.2 Å². The number of carbonyl (C=O) groups is 2. The van der Waals surface area contributed by atoms with Crippen molar-refractivity contribution in [3.63, 3.8) is 0 Å². The van der Waals surface area contributed by atoms with E-state index in [1.54, 1.807) is 28.9 Å². The lowest BCUT2D eigenvalue weighted by molar-refractivity contribution is -0.116. The minimum atomic E-state index is -0.213. The van der Waals surface area contributed by atoms with E-state index in [1.807, 2.05) is 50.2 Å². The lowest BCUT2D eigenvalue weighted by Gasteiger charge is -2.10. The first kappa shape index (κ1) is 19.9. The first-order valence-electron chi connectivity index (χ1n) is 10.4. The van der Waals surface area contributed by atoms with Crippen LogP contribution in [0.4, 0.5) is 11.4 Å². The van der Waals surface area contributed by atoms with Crippen molar-refractivity contribution in [1.29, 1.82) is 0 Å². The van der Waals surface area contributed by atoms with Gasteiger partial charge in [0.2, 0.25) is 5.91 Å². The Kier molecular flexibility index (Phi) is 5.65. The van der Waals surface area contributed by atoms with Crippen molar-refractivity contribution in [1.82, 2.24) is 9.78 Å². The molecule has 2 amide bonds. The van der Waals surface area contributed by atoms with E-state index in [1.165, 1.54) is 0 Å². The van der Waals surface area contributed by atoms with E-state index in [4.69, 9.17) is 0 Å². The third kappa shape index (κ3) is 4.76. The molecule has 2 aromatic carbocycles. The summed E-state index contributed by atoms with van der Waals surface area (Å²) >= 11 is 0. The molecule has 0 saturated heterocycles. The largest absolute Gasteiger partial charge is 0.326 e. The van der Waals surface area contributed by atoms with Gasteiger partial charge >= 0.3 is 0 Å². The molecule has 6 heteroatoms. The van der Waals surface area contributed by atoms with Crippen LogP contribution in [0, 0.1) is 5.92 Å². The Morgan fingerprint density at radius 3 is 2.23 bits per heavy atom. The van der Waals surface area contributed by atoms with Gasteiger partial charge < -0.3 is 10.6 Å². The molecule has 1 aliphatic rings. The molecule has 6 nitrogen and oxygen atoms in total. The van der Waals surface area contributed by atoms with Gasteiger partial charge in [-0.25, -0.2) is 4.68 Å². The smallest absolute Gasteiger partial charge is 0.274 e. The van der Waals surface area contributed by atoms with Crippen LogP contribution in [0.15, 0.2) is 60.7 Å². The van der Waals surface area contributed by atoms with Gasteiger partial charge in [-0.2, -0.15) is 5.10 Å². The van der Waals surface area contributed by atoms with Crippen molar-refractivity contribution in [2.45, 2.75) is 39.0 Å². The van der Waals surface area contributed by atoms with Crippen LogP contribution in [0.3, 0.4) is 0 Å². The maximum atomic E-state index is 13.0. The Labute approximate surface area is 176 Å². The van der Waals surface area contributed by atoms with Crippen LogP contribution in [0.2, 0.25) is 0 Å². The number of carbonyl (C=O) groups excluding carboxylic acids is 2. The number of benzene rings is 2. The highest BCUT2D eigenvalue weighted by Crippen LogP contribution is 2.39. The first-order chi connectivity index (χ1) is 14.5. The van der Waals surface area contributed by atoms with Gasteiger partial charge in [0.05, 0.1) is 11.4 Å². The maximum Gasteiger partial charge on any atom is 0.274 e. The zero-order chi connectivity index (χ0) is 21.1. The van der Waals surface area contributed by atoms with Crippen LogP contribution < -0.4 is 10.6 Å². The average Bonchev–Trinajstić information content (AvgIpc) is 3.47. The molecule has 2 N–H and O–H groups in total. The van der Waals surface area contributed by atoms with Crippen LogP contribution in [0.25, 0.3) is 5.69 Å². The van der Waals surface area contributed by atoms with E-state index in [9.17, 15) is 9.59 Å². The second-order valence-corrected chi connectivity index (χ2v) is 8.15. The number of amides is 2. The molecular formula is C24H26N4O2. The van der Waals surface area contributed by atoms with Gasteiger partial charge in [0.25, 0.3) is 5.91 Å². The lowest BCUT2D eigenvalue weighted by atomic mass is 10.1. The third-order valence-electron chi connectivity index (χ3n) is 4.98. The summed E-state index contributed by atoms with van der Waals surface area (Å²) < 4.78 is 1.71. The van der Waals surface area contributed by atoms with E-state index >= 15 is 0 Å². The number of hydrogen-bond donors (Lipinski definition) is 2. The monoisotopic (exact) mass is 402 g/mol. The van der Waals surface area contributed by atoms with Crippen LogP contribution in [-0.4, -0.2) is 21.6 Å². The molecule has 1 heterocycles. The van der Waals surface area contributed by atoms with Gasteiger partial charge in [0.1, 0.15) is 5.69 Å². The highest BCUT2D eigenvalue weighted by Gasteiger charge is 2.29. The number of aromatic nitrogens is 2. The molecule has 1 aromatic heterocycles. The summed E-state index contributed by atoms with van der Waals surface area (Å²) in [4.78, 5) is 24.9. The Morgan fingerprint density at radius 2 is 1.63 bits per heavy atom. The fourth-order valence-corrected chi connectivity index (χ4v) is 3.32. The van der Waals surface area contributed by atoms with Crippen LogP contribution in [-0.2, 0) is 4.79 Å². The predicted octanol–water partition coefficient (Wildman–Crippen LogP) is 4.99. The van der Waals surface area contributed by atoms with E-state index in [0.717, 1.165) is 24.2 Å². The molecule has 1 aliphatic carbocycles. The van der Waals surface area contributed by atoms with Crippen LogP contribution in [0.1, 0.15) is 55.2 Å². The number of hydrogen-bond acceptors (Lipinski definition) is 3. The minimum Gasteiger partial charge on any atom is -0.326 e. The van der Waals surface area contributed by atoms with E-state index < -0.39 is 0 Å². The number of anilines is 2. The van der Waals surface area contributed by atoms with Crippen molar-refractivity contribution in [3.05, 3.63) is 72.1 Å². The minimum absolute atomic E-state index is 0.0128. The Hall–Kier alpha value is -3.41. The van der Waals surface area contributed by atoms with E-state index in [0.29, 0.717) is 35.3 Å². The molecule has 0 radical (unpaired) electrons. The molecule has 0 aliphatic heterocycles. The number of nitrogens with one attached hydrogen (secondary N) is 2. The van der Waals surface area contributed by atoms with E-state index in [2.05, 4.69) is 15.7 Å². The topological polar surface area (TPSA) is 76.0 Å². The molecule has 0 unspecified atom stereocenters. The van der Waals surface area contributed by atoms with Gasteiger partial charge in [-0.1, -0.05) is 32.0 Å².